The summed E-state index contributed by atoms with van der Waals surface area (Å²) in [5.41, 5.74) is 4.53. The predicted molar refractivity (Wildman–Crippen MR) is 116 cm³/mol. The molecule has 31 heavy (non-hydrogen) atoms. The first kappa shape index (κ1) is 23.6. The summed E-state index contributed by atoms with van der Waals surface area (Å²) in [4.78, 5) is 14.8. The van der Waals surface area contributed by atoms with Gasteiger partial charge in [-0.05, 0) is 31.9 Å². The van der Waals surface area contributed by atoms with Gasteiger partial charge in [-0.1, -0.05) is 43.1 Å². The minimum absolute atomic E-state index is 0. The quantitative estimate of drug-likeness (QED) is 0.374. The van der Waals surface area contributed by atoms with E-state index in [1.807, 2.05) is 6.07 Å². The van der Waals surface area contributed by atoms with Crippen molar-refractivity contribution < 1.29 is 35.5 Å². The molecule has 3 unspecified atom stereocenters. The van der Waals surface area contributed by atoms with Gasteiger partial charge in [-0.3, -0.25) is 0 Å². The van der Waals surface area contributed by atoms with Crippen molar-refractivity contribution in [2.24, 2.45) is 5.92 Å². The van der Waals surface area contributed by atoms with Crippen molar-refractivity contribution in [3.05, 3.63) is 91.6 Å². The molecule has 5 rings (SSSR count). The van der Waals surface area contributed by atoms with E-state index in [0.29, 0.717) is 18.0 Å². The monoisotopic (exact) mass is 638 g/mol. The van der Waals surface area contributed by atoms with Gasteiger partial charge in [-0.15, -0.1) is 12.0 Å². The third kappa shape index (κ3) is 5.25. The van der Waals surface area contributed by atoms with Gasteiger partial charge in [0.15, 0.2) is 5.82 Å². The molecule has 2 aromatic heterocycles. The smallest absolute Gasteiger partial charge is 0.391 e. The summed E-state index contributed by atoms with van der Waals surface area (Å²) >= 11 is 0. The topological polar surface area (TPSA) is 41.9 Å². The number of pyridine rings is 1. The van der Waals surface area contributed by atoms with Crippen LogP contribution in [0.4, 0.5) is 4.39 Å². The van der Waals surface area contributed by atoms with Crippen molar-refractivity contribution in [2.75, 3.05) is 0 Å². The first-order valence-corrected chi connectivity index (χ1v) is 10.2. The van der Waals surface area contributed by atoms with Crippen LogP contribution in [0.15, 0.2) is 61.6 Å². The van der Waals surface area contributed by atoms with Gasteiger partial charge in [-0.25, -0.2) is 14.4 Å². The Balaban J connectivity index is 0.000000292. The van der Waals surface area contributed by atoms with E-state index < -0.39 is 0 Å². The second-order valence-electron chi connectivity index (χ2n) is 7.88. The van der Waals surface area contributed by atoms with Crippen molar-refractivity contribution in [3.63, 3.8) is 0 Å². The van der Waals surface area contributed by atoms with Crippen molar-refractivity contribution in [3.8, 4) is 11.4 Å². The SMILES string of the molecule is C=C(c1ccc(C)cc1-c1ncccn1)N1C2CCC1C([CH2-])C2.Fc1cc[c-]nc1.[U+2]. The minimum Gasteiger partial charge on any atom is -0.391 e. The summed E-state index contributed by atoms with van der Waals surface area (Å²) in [6.07, 6.45) is 10.8. The van der Waals surface area contributed by atoms with E-state index in [0.717, 1.165) is 28.8 Å². The molecule has 2 aliphatic rings. The van der Waals surface area contributed by atoms with E-state index in [9.17, 15) is 4.39 Å². The number of hydrogen-bond acceptors (Lipinski definition) is 4. The molecule has 4 nitrogen and oxygen atoms in total. The molecule has 0 saturated carbocycles. The fraction of sp³-hybridized carbons (Fsp3) is 0.280. The van der Waals surface area contributed by atoms with Crippen molar-refractivity contribution >= 4 is 5.70 Å². The van der Waals surface area contributed by atoms with Crippen LogP contribution >= 0.6 is 0 Å². The maximum Gasteiger partial charge on any atom is 2.00 e. The fourth-order valence-corrected chi connectivity index (χ4v) is 4.51. The van der Waals surface area contributed by atoms with E-state index >= 15 is 0 Å². The zero-order valence-corrected chi connectivity index (χ0v) is 21.8. The Morgan fingerprint density at radius 2 is 2.00 bits per heavy atom. The number of aromatic nitrogens is 3. The predicted octanol–water partition coefficient (Wildman–Crippen LogP) is 5.13. The Morgan fingerprint density at radius 1 is 1.23 bits per heavy atom. The first-order valence-electron chi connectivity index (χ1n) is 10.2. The number of benzene rings is 1. The van der Waals surface area contributed by atoms with E-state index in [-0.39, 0.29) is 36.9 Å². The number of fused-ring (bicyclic) bond motifs is 2. The summed E-state index contributed by atoms with van der Waals surface area (Å²) in [6, 6.07) is 12.2. The summed E-state index contributed by atoms with van der Waals surface area (Å²) in [5, 5.41) is 0. The molecule has 3 atom stereocenters. The van der Waals surface area contributed by atoms with Crippen molar-refractivity contribution in [2.45, 2.75) is 38.3 Å². The average Bonchev–Trinajstić information content (AvgIpc) is 3.32. The van der Waals surface area contributed by atoms with Crippen molar-refractivity contribution in [1.29, 1.82) is 0 Å². The molecule has 2 saturated heterocycles. The second-order valence-corrected chi connectivity index (χ2v) is 7.88. The molecular formula is C25H25FN4U. The molecule has 6 heteroatoms. The molecule has 2 aliphatic heterocycles. The van der Waals surface area contributed by atoms with E-state index in [1.54, 1.807) is 12.4 Å². The summed E-state index contributed by atoms with van der Waals surface area (Å²) in [7, 11) is 0. The zero-order valence-electron chi connectivity index (χ0n) is 17.6. The Hall–Kier alpha value is -2.03. The molecule has 0 N–H and O–H groups in total. The van der Waals surface area contributed by atoms with Gasteiger partial charge < -0.3 is 16.8 Å². The Kier molecular flexibility index (Phi) is 8.02. The standard InChI is InChI=1S/C20H22N3.C5H3FN.U/c1-13-5-7-17(18(11-13)20-21-9-4-10-22-20)15(3)23-16-6-8-19(23)14(2)12-16;6-5-2-1-3-7-4-5;/h4-5,7,9-11,14,16,19H,2-3,6,8,12H2,1H3;1-2,4H;/q2*-1;+2. The first-order chi connectivity index (χ1) is 14.5. The molecule has 1 aromatic carbocycles. The Labute approximate surface area is 207 Å². The van der Waals surface area contributed by atoms with Gasteiger partial charge in [0.05, 0.1) is 0 Å². The van der Waals surface area contributed by atoms with Gasteiger partial charge >= 0.3 is 31.1 Å². The molecule has 0 spiro atoms. The van der Waals surface area contributed by atoms with Crippen molar-refractivity contribution in [1.82, 2.24) is 19.9 Å². The molecule has 2 fully saturated rings. The zero-order chi connectivity index (χ0) is 21.1. The number of nitrogens with zero attached hydrogens (tertiary/aromatic N) is 4. The molecule has 156 valence electrons. The minimum atomic E-state index is -0.321. The molecule has 0 radical (unpaired) electrons. The van der Waals surface area contributed by atoms with Crippen LogP contribution < -0.4 is 0 Å². The van der Waals surface area contributed by atoms with Gasteiger partial charge in [-0.2, -0.15) is 6.07 Å². The maximum atomic E-state index is 11.8. The van der Waals surface area contributed by atoms with Crippen LogP contribution in [-0.4, -0.2) is 31.9 Å². The largest absolute Gasteiger partial charge is 2.00 e. The molecule has 4 heterocycles. The van der Waals surface area contributed by atoms with E-state index in [4.69, 9.17) is 0 Å². The summed E-state index contributed by atoms with van der Waals surface area (Å²) in [6.45, 7) is 10.9. The third-order valence-electron chi connectivity index (χ3n) is 5.85. The van der Waals surface area contributed by atoms with Crippen LogP contribution in [0.25, 0.3) is 17.1 Å². The summed E-state index contributed by atoms with van der Waals surface area (Å²) in [5.74, 6) is 0.969. The van der Waals surface area contributed by atoms with Gasteiger partial charge in [0.2, 0.25) is 0 Å². The number of rotatable bonds is 3. The van der Waals surface area contributed by atoms with Gasteiger partial charge in [0, 0.05) is 47.1 Å². The molecular weight excluding hydrogens is 613 g/mol. The van der Waals surface area contributed by atoms with E-state index in [2.05, 4.69) is 64.7 Å². The van der Waals surface area contributed by atoms with Gasteiger partial charge in [0.25, 0.3) is 0 Å². The third-order valence-corrected chi connectivity index (χ3v) is 5.85. The Bertz CT molecular complexity index is 1010. The van der Waals surface area contributed by atoms with Crippen LogP contribution in [0.2, 0.25) is 0 Å². The molecule has 3 aromatic rings. The fourth-order valence-electron chi connectivity index (χ4n) is 4.51. The molecule has 0 aliphatic carbocycles. The van der Waals surface area contributed by atoms with Gasteiger partial charge in [0.1, 0.15) is 0 Å². The van der Waals surface area contributed by atoms with Crippen LogP contribution in [-0.2, 0) is 0 Å². The summed E-state index contributed by atoms with van der Waals surface area (Å²) < 4.78 is 11.8. The average molecular weight is 639 g/mol. The van der Waals surface area contributed by atoms with Crippen LogP contribution in [0, 0.1) is 62.9 Å². The number of halogens is 1. The van der Waals surface area contributed by atoms with Crippen LogP contribution in [0.1, 0.15) is 30.4 Å². The normalized spacial score (nSPS) is 21.1. The van der Waals surface area contributed by atoms with E-state index in [1.165, 1.54) is 37.0 Å². The second kappa shape index (κ2) is 10.5. The maximum absolute atomic E-state index is 11.8. The molecule has 2 bridgehead atoms. The Morgan fingerprint density at radius 3 is 2.55 bits per heavy atom. The number of hydrogen-bond donors (Lipinski definition) is 0. The van der Waals surface area contributed by atoms with Crippen LogP contribution in [0.5, 0.6) is 0 Å². The van der Waals surface area contributed by atoms with Crippen LogP contribution in [0.3, 0.4) is 0 Å². The number of aryl methyl sites for hydroxylation is 1. The molecule has 0 amide bonds.